The summed E-state index contributed by atoms with van der Waals surface area (Å²) < 4.78 is 10.2. The molecular formula is C13H30N2O3. The second-order valence-corrected chi connectivity index (χ2v) is 5.24. The fourth-order valence-electron chi connectivity index (χ4n) is 1.61. The van der Waals surface area contributed by atoms with Crippen LogP contribution in [0, 0.1) is 5.92 Å². The van der Waals surface area contributed by atoms with Gasteiger partial charge in [-0.2, -0.15) is 0 Å². The predicted octanol–water partition coefficient (Wildman–Crippen LogP) is 0.186. The van der Waals surface area contributed by atoms with Gasteiger partial charge in [0.2, 0.25) is 0 Å². The lowest BCUT2D eigenvalue weighted by atomic mass is 10.0. The Balaban J connectivity index is 3.74. The highest BCUT2D eigenvalue weighted by Gasteiger charge is 2.15. The van der Waals surface area contributed by atoms with E-state index >= 15 is 0 Å². The van der Waals surface area contributed by atoms with Crippen molar-refractivity contribution < 1.29 is 14.6 Å². The summed E-state index contributed by atoms with van der Waals surface area (Å²) in [6, 6.07) is 0.383. The Morgan fingerprint density at radius 2 is 1.89 bits per heavy atom. The van der Waals surface area contributed by atoms with Crippen LogP contribution in [0.4, 0.5) is 0 Å². The van der Waals surface area contributed by atoms with E-state index < -0.39 is 6.10 Å². The molecule has 0 aromatic carbocycles. The lowest BCUT2D eigenvalue weighted by Gasteiger charge is -2.26. The number of methoxy groups -OCH3 is 1. The summed E-state index contributed by atoms with van der Waals surface area (Å²) in [5.41, 5.74) is 0. The maximum absolute atomic E-state index is 9.77. The molecule has 0 saturated heterocycles. The van der Waals surface area contributed by atoms with Crippen LogP contribution in [0.5, 0.6) is 0 Å². The van der Waals surface area contributed by atoms with Crippen molar-refractivity contribution in [2.24, 2.45) is 5.92 Å². The van der Waals surface area contributed by atoms with E-state index in [0.717, 1.165) is 6.54 Å². The molecule has 2 atom stereocenters. The van der Waals surface area contributed by atoms with Gasteiger partial charge in [-0.25, -0.2) is 0 Å². The molecule has 110 valence electrons. The first kappa shape index (κ1) is 17.8. The van der Waals surface area contributed by atoms with E-state index in [4.69, 9.17) is 9.47 Å². The Morgan fingerprint density at radius 3 is 2.39 bits per heavy atom. The molecule has 0 heterocycles. The van der Waals surface area contributed by atoms with Crippen molar-refractivity contribution in [2.45, 2.75) is 26.0 Å². The third-order valence-corrected chi connectivity index (χ3v) is 2.72. The van der Waals surface area contributed by atoms with Crippen molar-refractivity contribution in [3.8, 4) is 0 Å². The Bertz CT molecular complexity index is 189. The molecule has 0 aliphatic carbocycles. The zero-order valence-corrected chi connectivity index (χ0v) is 12.5. The van der Waals surface area contributed by atoms with Crippen LogP contribution in [0.2, 0.25) is 0 Å². The fraction of sp³-hybridized carbons (Fsp3) is 1.00. The van der Waals surface area contributed by atoms with Crippen LogP contribution in [0.3, 0.4) is 0 Å². The minimum Gasteiger partial charge on any atom is -0.389 e. The molecule has 0 fully saturated rings. The van der Waals surface area contributed by atoms with E-state index in [1.165, 1.54) is 0 Å². The summed E-state index contributed by atoms with van der Waals surface area (Å²) in [6.45, 7) is 7.33. The summed E-state index contributed by atoms with van der Waals surface area (Å²) in [5.74, 6) is 0.536. The maximum Gasteiger partial charge on any atom is 0.0897 e. The molecule has 0 radical (unpaired) electrons. The maximum atomic E-state index is 9.77. The number of likely N-dealkylation sites (N-methyl/N-ethyl adjacent to an activating group) is 1. The summed E-state index contributed by atoms with van der Waals surface area (Å²) in [4.78, 5) is 2.15. The van der Waals surface area contributed by atoms with Crippen molar-refractivity contribution in [3.05, 3.63) is 0 Å². The number of aliphatic hydroxyl groups excluding tert-OH is 1. The number of hydrogen-bond donors (Lipinski definition) is 2. The Kier molecular flexibility index (Phi) is 10.6. The molecule has 18 heavy (non-hydrogen) atoms. The van der Waals surface area contributed by atoms with E-state index in [0.29, 0.717) is 38.3 Å². The van der Waals surface area contributed by atoms with E-state index in [-0.39, 0.29) is 0 Å². The van der Waals surface area contributed by atoms with Crippen molar-refractivity contribution in [1.82, 2.24) is 10.2 Å². The first-order valence-corrected chi connectivity index (χ1v) is 6.60. The van der Waals surface area contributed by atoms with Gasteiger partial charge >= 0.3 is 0 Å². The summed E-state index contributed by atoms with van der Waals surface area (Å²) in [7, 11) is 5.75. The molecule has 5 heteroatoms. The van der Waals surface area contributed by atoms with Gasteiger partial charge in [0.05, 0.1) is 25.9 Å². The average molecular weight is 262 g/mol. The number of nitrogens with zero attached hydrogens (tertiary/aromatic N) is 1. The molecule has 0 rings (SSSR count). The summed E-state index contributed by atoms with van der Waals surface area (Å²) in [6.07, 6.45) is -0.467. The van der Waals surface area contributed by atoms with Gasteiger partial charge in [0, 0.05) is 26.2 Å². The molecule has 0 aliphatic rings. The Morgan fingerprint density at radius 1 is 1.22 bits per heavy atom. The lowest BCUT2D eigenvalue weighted by Crippen LogP contribution is -2.45. The SMILES string of the molecule is COCCOCC(O)CNC(CN(C)C)C(C)C. The molecular weight excluding hydrogens is 232 g/mol. The summed E-state index contributed by atoms with van der Waals surface area (Å²) >= 11 is 0. The van der Waals surface area contributed by atoms with Crippen molar-refractivity contribution in [3.63, 3.8) is 0 Å². The molecule has 2 N–H and O–H groups in total. The van der Waals surface area contributed by atoms with E-state index in [9.17, 15) is 5.11 Å². The Labute approximate surface area is 111 Å². The van der Waals surface area contributed by atoms with Crippen LogP contribution in [0.15, 0.2) is 0 Å². The number of hydrogen-bond acceptors (Lipinski definition) is 5. The van der Waals surface area contributed by atoms with Gasteiger partial charge in [-0.15, -0.1) is 0 Å². The van der Waals surface area contributed by atoms with Gasteiger partial charge in [0.1, 0.15) is 0 Å². The van der Waals surface area contributed by atoms with Crippen LogP contribution < -0.4 is 5.32 Å². The third-order valence-electron chi connectivity index (χ3n) is 2.72. The number of nitrogens with one attached hydrogen (secondary N) is 1. The topological polar surface area (TPSA) is 54.0 Å². The monoisotopic (exact) mass is 262 g/mol. The highest BCUT2D eigenvalue weighted by Crippen LogP contribution is 2.02. The van der Waals surface area contributed by atoms with Crippen LogP contribution in [-0.4, -0.2) is 76.3 Å². The van der Waals surface area contributed by atoms with Gasteiger partial charge in [-0.05, 0) is 20.0 Å². The zero-order valence-electron chi connectivity index (χ0n) is 12.5. The standard InChI is InChI=1S/C13H30N2O3/c1-11(2)13(9-15(3)4)14-8-12(16)10-18-7-6-17-5/h11-14,16H,6-10H2,1-5H3. The molecule has 2 unspecified atom stereocenters. The van der Waals surface area contributed by atoms with Gasteiger partial charge in [0.25, 0.3) is 0 Å². The van der Waals surface area contributed by atoms with Crippen molar-refractivity contribution in [1.29, 1.82) is 0 Å². The highest BCUT2D eigenvalue weighted by molar-refractivity contribution is 4.74. The normalized spacial score (nSPS) is 15.3. The quantitative estimate of drug-likeness (QED) is 0.521. The van der Waals surface area contributed by atoms with E-state index in [1.807, 2.05) is 0 Å². The smallest absolute Gasteiger partial charge is 0.0897 e. The van der Waals surface area contributed by atoms with Gasteiger partial charge in [-0.1, -0.05) is 13.8 Å². The van der Waals surface area contributed by atoms with Gasteiger partial charge in [-0.3, -0.25) is 0 Å². The third kappa shape index (κ3) is 9.79. The van der Waals surface area contributed by atoms with Crippen LogP contribution in [0.25, 0.3) is 0 Å². The molecule has 0 aromatic rings. The van der Waals surface area contributed by atoms with Gasteiger partial charge in [0.15, 0.2) is 0 Å². The van der Waals surface area contributed by atoms with Crippen LogP contribution >= 0.6 is 0 Å². The Hall–Kier alpha value is -0.200. The molecule has 0 aromatic heterocycles. The number of aliphatic hydroxyl groups is 1. The minimum absolute atomic E-state index is 0.350. The fourth-order valence-corrected chi connectivity index (χ4v) is 1.61. The largest absolute Gasteiger partial charge is 0.389 e. The van der Waals surface area contributed by atoms with Crippen molar-refractivity contribution in [2.75, 3.05) is 54.1 Å². The van der Waals surface area contributed by atoms with Crippen LogP contribution in [0.1, 0.15) is 13.8 Å². The van der Waals surface area contributed by atoms with E-state index in [2.05, 4.69) is 38.2 Å². The minimum atomic E-state index is -0.467. The number of rotatable bonds is 11. The predicted molar refractivity (Wildman–Crippen MR) is 73.9 cm³/mol. The molecule has 0 spiro atoms. The van der Waals surface area contributed by atoms with Crippen LogP contribution in [-0.2, 0) is 9.47 Å². The molecule has 0 amide bonds. The lowest BCUT2D eigenvalue weighted by molar-refractivity contribution is 0.0121. The second kappa shape index (κ2) is 10.7. The molecule has 0 saturated carbocycles. The first-order valence-electron chi connectivity index (χ1n) is 6.60. The molecule has 0 bridgehead atoms. The highest BCUT2D eigenvalue weighted by atomic mass is 16.5. The van der Waals surface area contributed by atoms with E-state index in [1.54, 1.807) is 7.11 Å². The average Bonchev–Trinajstić information content (AvgIpc) is 2.29. The van der Waals surface area contributed by atoms with Gasteiger partial charge < -0.3 is 24.8 Å². The molecule has 0 aliphatic heterocycles. The summed E-state index contributed by atoms with van der Waals surface area (Å²) in [5, 5.41) is 13.2. The first-order chi connectivity index (χ1) is 8.47. The van der Waals surface area contributed by atoms with Crippen molar-refractivity contribution >= 4 is 0 Å². The number of ether oxygens (including phenoxy) is 2. The molecule has 5 nitrogen and oxygen atoms in total. The second-order valence-electron chi connectivity index (χ2n) is 5.24. The zero-order chi connectivity index (χ0) is 14.0.